The van der Waals surface area contributed by atoms with Crippen molar-refractivity contribution in [1.29, 1.82) is 0 Å². The van der Waals surface area contributed by atoms with Crippen LogP contribution in [0.5, 0.6) is 5.75 Å². The van der Waals surface area contributed by atoms with Crippen molar-refractivity contribution in [2.75, 3.05) is 20.3 Å². The van der Waals surface area contributed by atoms with E-state index in [1.807, 2.05) is 32.9 Å². The summed E-state index contributed by atoms with van der Waals surface area (Å²) in [6.07, 6.45) is 0.914. The van der Waals surface area contributed by atoms with Crippen LogP contribution in [0.15, 0.2) is 12.1 Å². The molecule has 2 atom stereocenters. The van der Waals surface area contributed by atoms with Gasteiger partial charge in [-0.15, -0.1) is 0 Å². The molecule has 0 aliphatic carbocycles. The van der Waals surface area contributed by atoms with Gasteiger partial charge in [-0.3, -0.25) is 0 Å². The lowest BCUT2D eigenvalue weighted by Gasteiger charge is -2.31. The van der Waals surface area contributed by atoms with Crippen LogP contribution in [0.1, 0.15) is 30.0 Å². The molecular formula is C15H22O3. The minimum atomic E-state index is -0.836. The maximum atomic E-state index is 10.8. The number of aryl methyl sites for hydroxylation is 2. The molecule has 3 nitrogen and oxygen atoms in total. The zero-order valence-corrected chi connectivity index (χ0v) is 11.6. The molecule has 1 saturated heterocycles. The van der Waals surface area contributed by atoms with Gasteiger partial charge in [-0.1, -0.05) is 0 Å². The highest BCUT2D eigenvalue weighted by atomic mass is 16.5. The molecule has 18 heavy (non-hydrogen) atoms. The van der Waals surface area contributed by atoms with Crippen LogP contribution in [0.3, 0.4) is 0 Å². The van der Waals surface area contributed by atoms with Crippen molar-refractivity contribution in [1.82, 2.24) is 0 Å². The van der Waals surface area contributed by atoms with Crippen LogP contribution in [-0.4, -0.2) is 25.4 Å². The highest BCUT2D eigenvalue weighted by Crippen LogP contribution is 2.38. The molecule has 100 valence electrons. The Labute approximate surface area is 109 Å². The fourth-order valence-electron chi connectivity index (χ4n) is 2.75. The smallest absolute Gasteiger partial charge is 0.122 e. The Bertz CT molecular complexity index is 432. The molecule has 0 bridgehead atoms. The van der Waals surface area contributed by atoms with Gasteiger partial charge in [-0.2, -0.15) is 0 Å². The topological polar surface area (TPSA) is 38.7 Å². The van der Waals surface area contributed by atoms with Crippen LogP contribution >= 0.6 is 0 Å². The maximum absolute atomic E-state index is 10.8. The van der Waals surface area contributed by atoms with E-state index < -0.39 is 5.60 Å². The predicted molar refractivity (Wildman–Crippen MR) is 71.0 cm³/mol. The lowest BCUT2D eigenvalue weighted by Crippen LogP contribution is -2.33. The minimum absolute atomic E-state index is 0.170. The van der Waals surface area contributed by atoms with Gasteiger partial charge in [-0.05, 0) is 56.0 Å². The van der Waals surface area contributed by atoms with Crippen molar-refractivity contribution >= 4 is 0 Å². The Morgan fingerprint density at radius 3 is 2.61 bits per heavy atom. The van der Waals surface area contributed by atoms with Gasteiger partial charge in [0.25, 0.3) is 0 Å². The van der Waals surface area contributed by atoms with Gasteiger partial charge in [0.05, 0.1) is 19.3 Å². The fraction of sp³-hybridized carbons (Fsp3) is 0.600. The second-order valence-electron chi connectivity index (χ2n) is 5.34. The third kappa shape index (κ3) is 2.25. The number of ether oxygens (including phenoxy) is 2. The highest BCUT2D eigenvalue weighted by molar-refractivity contribution is 5.44. The fourth-order valence-corrected chi connectivity index (χ4v) is 2.75. The molecule has 0 radical (unpaired) electrons. The van der Waals surface area contributed by atoms with Gasteiger partial charge in [0, 0.05) is 12.5 Å². The summed E-state index contributed by atoms with van der Waals surface area (Å²) in [6, 6.07) is 4.03. The average molecular weight is 250 g/mol. The van der Waals surface area contributed by atoms with Gasteiger partial charge in [0.15, 0.2) is 0 Å². The molecule has 1 heterocycles. The van der Waals surface area contributed by atoms with Crippen LogP contribution in [0.25, 0.3) is 0 Å². The standard InChI is InChI=1S/C15H22O3/c1-10-8-14(17-4)11(2)7-13(10)15(3,16)12-5-6-18-9-12/h7-8,12,16H,5-6,9H2,1-4H3. The lowest BCUT2D eigenvalue weighted by atomic mass is 9.80. The van der Waals surface area contributed by atoms with E-state index in [-0.39, 0.29) is 5.92 Å². The minimum Gasteiger partial charge on any atom is -0.496 e. The first-order valence-electron chi connectivity index (χ1n) is 6.42. The number of hydrogen-bond acceptors (Lipinski definition) is 3. The van der Waals surface area contributed by atoms with Crippen LogP contribution < -0.4 is 4.74 Å². The van der Waals surface area contributed by atoms with Crippen molar-refractivity contribution in [3.8, 4) is 5.75 Å². The first-order chi connectivity index (χ1) is 8.46. The first-order valence-corrected chi connectivity index (χ1v) is 6.42. The molecule has 1 aliphatic heterocycles. The molecule has 0 amide bonds. The molecule has 1 aromatic rings. The van der Waals surface area contributed by atoms with E-state index in [2.05, 4.69) is 0 Å². The van der Waals surface area contributed by atoms with Gasteiger partial charge in [-0.25, -0.2) is 0 Å². The Kier molecular flexibility index (Phi) is 3.64. The van der Waals surface area contributed by atoms with Crippen molar-refractivity contribution in [3.63, 3.8) is 0 Å². The lowest BCUT2D eigenvalue weighted by molar-refractivity contribution is -0.0103. The number of aliphatic hydroxyl groups is 1. The van der Waals surface area contributed by atoms with Gasteiger partial charge in [0.2, 0.25) is 0 Å². The quantitative estimate of drug-likeness (QED) is 0.896. The number of benzene rings is 1. The molecule has 1 aromatic carbocycles. The molecule has 1 fully saturated rings. The second kappa shape index (κ2) is 4.90. The van der Waals surface area contributed by atoms with Crippen LogP contribution in [0.2, 0.25) is 0 Å². The molecule has 0 aromatic heterocycles. The average Bonchev–Trinajstić information content (AvgIpc) is 2.85. The zero-order chi connectivity index (χ0) is 13.3. The van der Waals surface area contributed by atoms with Crippen molar-refractivity contribution in [2.24, 2.45) is 5.92 Å². The summed E-state index contributed by atoms with van der Waals surface area (Å²) in [6.45, 7) is 7.29. The number of rotatable bonds is 3. The van der Waals surface area contributed by atoms with Crippen molar-refractivity contribution in [2.45, 2.75) is 32.8 Å². The summed E-state index contributed by atoms with van der Waals surface area (Å²) < 4.78 is 10.7. The van der Waals surface area contributed by atoms with Gasteiger partial charge in [0.1, 0.15) is 5.75 Å². The van der Waals surface area contributed by atoms with E-state index in [0.29, 0.717) is 6.61 Å². The molecule has 0 spiro atoms. The Morgan fingerprint density at radius 2 is 2.06 bits per heavy atom. The molecule has 0 saturated carbocycles. The first kappa shape index (κ1) is 13.4. The highest BCUT2D eigenvalue weighted by Gasteiger charge is 2.37. The zero-order valence-electron chi connectivity index (χ0n) is 11.6. The van der Waals surface area contributed by atoms with E-state index >= 15 is 0 Å². The van der Waals surface area contributed by atoms with E-state index in [1.54, 1.807) is 7.11 Å². The molecule has 3 heteroatoms. The second-order valence-corrected chi connectivity index (χ2v) is 5.34. The van der Waals surface area contributed by atoms with Gasteiger partial charge >= 0.3 is 0 Å². The summed E-state index contributed by atoms with van der Waals surface area (Å²) in [4.78, 5) is 0. The van der Waals surface area contributed by atoms with Crippen LogP contribution in [0.4, 0.5) is 0 Å². The summed E-state index contributed by atoms with van der Waals surface area (Å²) in [5.41, 5.74) is 2.26. The summed E-state index contributed by atoms with van der Waals surface area (Å²) in [5, 5.41) is 10.8. The Morgan fingerprint density at radius 1 is 1.33 bits per heavy atom. The Balaban J connectivity index is 2.40. The summed E-state index contributed by atoms with van der Waals surface area (Å²) in [5.74, 6) is 1.04. The predicted octanol–water partition coefficient (Wildman–Crippen LogP) is 2.56. The third-order valence-electron chi connectivity index (χ3n) is 4.01. The third-order valence-corrected chi connectivity index (χ3v) is 4.01. The van der Waals surface area contributed by atoms with Gasteiger partial charge < -0.3 is 14.6 Å². The van der Waals surface area contributed by atoms with Crippen LogP contribution in [-0.2, 0) is 10.3 Å². The maximum Gasteiger partial charge on any atom is 0.122 e. The van der Waals surface area contributed by atoms with E-state index in [0.717, 1.165) is 35.5 Å². The number of methoxy groups -OCH3 is 1. The molecule has 2 rings (SSSR count). The van der Waals surface area contributed by atoms with Crippen LogP contribution in [0, 0.1) is 19.8 Å². The molecular weight excluding hydrogens is 228 g/mol. The normalized spacial score (nSPS) is 22.8. The number of hydrogen-bond donors (Lipinski definition) is 1. The SMILES string of the molecule is COc1cc(C)c(C(C)(O)C2CCOC2)cc1C. The molecule has 2 unspecified atom stereocenters. The monoisotopic (exact) mass is 250 g/mol. The summed E-state index contributed by atoms with van der Waals surface area (Å²) in [7, 11) is 1.67. The van der Waals surface area contributed by atoms with Crippen molar-refractivity contribution < 1.29 is 14.6 Å². The molecule has 1 aliphatic rings. The summed E-state index contributed by atoms with van der Waals surface area (Å²) >= 11 is 0. The molecule has 1 N–H and O–H groups in total. The van der Waals surface area contributed by atoms with Crippen molar-refractivity contribution in [3.05, 3.63) is 28.8 Å². The van der Waals surface area contributed by atoms with E-state index in [4.69, 9.17) is 9.47 Å². The van der Waals surface area contributed by atoms with E-state index in [1.165, 1.54) is 0 Å². The van der Waals surface area contributed by atoms with E-state index in [9.17, 15) is 5.11 Å². The Hall–Kier alpha value is -1.06. The largest absolute Gasteiger partial charge is 0.496 e.